The van der Waals surface area contributed by atoms with Crippen molar-refractivity contribution in [2.45, 2.75) is 26.1 Å². The molecule has 2 rings (SSSR count). The van der Waals surface area contributed by atoms with Crippen LogP contribution in [0.1, 0.15) is 24.2 Å². The zero-order valence-corrected chi connectivity index (χ0v) is 10.8. The van der Waals surface area contributed by atoms with Gasteiger partial charge in [-0.25, -0.2) is 0 Å². The number of halogens is 1. The van der Waals surface area contributed by atoms with Crippen molar-refractivity contribution in [3.8, 4) is 0 Å². The minimum Gasteiger partial charge on any atom is -0.372 e. The largest absolute Gasteiger partial charge is 0.372 e. The molecule has 3 nitrogen and oxygen atoms in total. The highest BCUT2D eigenvalue weighted by molar-refractivity contribution is 6.30. The Labute approximate surface area is 106 Å². The van der Waals surface area contributed by atoms with Crippen molar-refractivity contribution >= 4 is 17.5 Å². The molecule has 1 heterocycles. The summed E-state index contributed by atoms with van der Waals surface area (Å²) in [7, 11) is 0. The number of hydrogen-bond donors (Lipinski definition) is 0. The zero-order chi connectivity index (χ0) is 12.4. The third-order valence-corrected chi connectivity index (χ3v) is 3.01. The van der Waals surface area contributed by atoms with Crippen LogP contribution in [0.3, 0.4) is 0 Å². The highest BCUT2D eigenvalue weighted by Crippen LogP contribution is 2.16. The Morgan fingerprint density at radius 3 is 2.59 bits per heavy atom. The predicted octanol–water partition coefficient (Wildman–Crippen LogP) is 2.59. The molecule has 0 bridgehead atoms. The predicted molar refractivity (Wildman–Crippen MR) is 67.4 cm³/mol. The van der Waals surface area contributed by atoms with Gasteiger partial charge in [0.2, 0.25) is 0 Å². The number of morpholine rings is 1. The van der Waals surface area contributed by atoms with E-state index in [-0.39, 0.29) is 18.1 Å². The lowest BCUT2D eigenvalue weighted by Crippen LogP contribution is -2.48. The minimum atomic E-state index is 0.0227. The van der Waals surface area contributed by atoms with E-state index in [2.05, 4.69) is 0 Å². The third kappa shape index (κ3) is 2.99. The standard InChI is InChI=1S/C13H16ClNO2/c1-9-7-15(8-10(2)17-9)13(16)11-4-3-5-12(14)6-11/h3-6,9-10H,7-8H2,1-2H3/t9-,10+. The van der Waals surface area contributed by atoms with Crippen LogP contribution in [-0.4, -0.2) is 36.1 Å². The first-order chi connectivity index (χ1) is 8.06. The van der Waals surface area contributed by atoms with Crippen LogP contribution < -0.4 is 0 Å². The molecule has 1 aromatic carbocycles. The molecule has 1 aromatic rings. The number of benzene rings is 1. The first-order valence-corrected chi connectivity index (χ1v) is 6.14. The number of nitrogens with zero attached hydrogens (tertiary/aromatic N) is 1. The van der Waals surface area contributed by atoms with E-state index in [9.17, 15) is 4.79 Å². The van der Waals surface area contributed by atoms with Gasteiger partial charge in [-0.3, -0.25) is 4.79 Å². The molecule has 1 aliphatic heterocycles. The van der Waals surface area contributed by atoms with Crippen LogP contribution in [0.25, 0.3) is 0 Å². The lowest BCUT2D eigenvalue weighted by Gasteiger charge is -2.35. The highest BCUT2D eigenvalue weighted by atomic mass is 35.5. The monoisotopic (exact) mass is 253 g/mol. The Kier molecular flexibility index (Phi) is 3.69. The number of rotatable bonds is 1. The van der Waals surface area contributed by atoms with Crippen LogP contribution in [0, 0.1) is 0 Å². The van der Waals surface area contributed by atoms with Gasteiger partial charge in [0, 0.05) is 23.7 Å². The summed E-state index contributed by atoms with van der Waals surface area (Å²) in [4.78, 5) is 14.1. The Balaban J connectivity index is 2.14. The quantitative estimate of drug-likeness (QED) is 0.770. The molecular formula is C13H16ClNO2. The number of amides is 1. The molecule has 0 unspecified atom stereocenters. The number of carbonyl (C=O) groups excluding carboxylic acids is 1. The molecule has 0 aromatic heterocycles. The Hall–Kier alpha value is -1.06. The van der Waals surface area contributed by atoms with Gasteiger partial charge in [-0.2, -0.15) is 0 Å². The van der Waals surface area contributed by atoms with Gasteiger partial charge in [-0.1, -0.05) is 17.7 Å². The van der Waals surface area contributed by atoms with Gasteiger partial charge in [-0.15, -0.1) is 0 Å². The van der Waals surface area contributed by atoms with E-state index in [0.717, 1.165) is 0 Å². The number of carbonyl (C=O) groups is 1. The molecule has 1 saturated heterocycles. The summed E-state index contributed by atoms with van der Waals surface area (Å²) in [6.45, 7) is 5.23. The van der Waals surface area contributed by atoms with E-state index in [4.69, 9.17) is 16.3 Å². The van der Waals surface area contributed by atoms with Crippen LogP contribution in [-0.2, 0) is 4.74 Å². The summed E-state index contributed by atoms with van der Waals surface area (Å²) >= 11 is 5.89. The topological polar surface area (TPSA) is 29.5 Å². The van der Waals surface area contributed by atoms with E-state index in [1.807, 2.05) is 18.7 Å². The molecule has 1 amide bonds. The maximum Gasteiger partial charge on any atom is 0.254 e. The minimum absolute atomic E-state index is 0.0227. The smallest absolute Gasteiger partial charge is 0.254 e. The Bertz CT molecular complexity index is 412. The van der Waals surface area contributed by atoms with Crippen molar-refractivity contribution < 1.29 is 9.53 Å². The molecule has 4 heteroatoms. The van der Waals surface area contributed by atoms with Gasteiger partial charge in [-0.05, 0) is 32.0 Å². The average Bonchev–Trinajstić information content (AvgIpc) is 2.26. The molecule has 0 radical (unpaired) electrons. The van der Waals surface area contributed by atoms with Crippen molar-refractivity contribution in [2.75, 3.05) is 13.1 Å². The maximum atomic E-state index is 12.3. The number of ether oxygens (including phenoxy) is 1. The van der Waals surface area contributed by atoms with E-state index in [1.54, 1.807) is 24.3 Å². The fourth-order valence-corrected chi connectivity index (χ4v) is 2.34. The van der Waals surface area contributed by atoms with Crippen molar-refractivity contribution in [3.05, 3.63) is 34.9 Å². The van der Waals surface area contributed by atoms with E-state index in [0.29, 0.717) is 23.7 Å². The summed E-state index contributed by atoms with van der Waals surface area (Å²) < 4.78 is 5.61. The van der Waals surface area contributed by atoms with Crippen molar-refractivity contribution in [1.29, 1.82) is 0 Å². The van der Waals surface area contributed by atoms with Gasteiger partial charge in [0.05, 0.1) is 12.2 Å². The maximum absolute atomic E-state index is 12.3. The lowest BCUT2D eigenvalue weighted by atomic mass is 10.1. The first-order valence-electron chi connectivity index (χ1n) is 5.76. The number of hydrogen-bond acceptors (Lipinski definition) is 2. The second-order valence-electron chi connectivity index (χ2n) is 4.48. The molecule has 17 heavy (non-hydrogen) atoms. The molecule has 1 fully saturated rings. The summed E-state index contributed by atoms with van der Waals surface area (Å²) in [6, 6.07) is 7.06. The van der Waals surface area contributed by atoms with E-state index < -0.39 is 0 Å². The second-order valence-corrected chi connectivity index (χ2v) is 4.91. The lowest BCUT2D eigenvalue weighted by molar-refractivity contribution is -0.0586. The second kappa shape index (κ2) is 5.07. The van der Waals surface area contributed by atoms with E-state index in [1.165, 1.54) is 0 Å². The van der Waals surface area contributed by atoms with Crippen molar-refractivity contribution in [3.63, 3.8) is 0 Å². The van der Waals surface area contributed by atoms with Crippen molar-refractivity contribution in [2.24, 2.45) is 0 Å². The van der Waals surface area contributed by atoms with Crippen LogP contribution in [0.5, 0.6) is 0 Å². The molecule has 2 atom stereocenters. The van der Waals surface area contributed by atoms with Crippen LogP contribution in [0.15, 0.2) is 24.3 Å². The summed E-state index contributed by atoms with van der Waals surface area (Å²) in [5, 5.41) is 0.588. The SMILES string of the molecule is C[C@@H]1CN(C(=O)c2cccc(Cl)c2)C[C@H](C)O1. The summed E-state index contributed by atoms with van der Waals surface area (Å²) in [5.41, 5.74) is 0.638. The van der Waals surface area contributed by atoms with Crippen molar-refractivity contribution in [1.82, 2.24) is 4.90 Å². The van der Waals surface area contributed by atoms with Crippen LogP contribution >= 0.6 is 11.6 Å². The molecule has 0 saturated carbocycles. The molecule has 0 N–H and O–H groups in total. The normalized spacial score (nSPS) is 24.8. The fourth-order valence-electron chi connectivity index (χ4n) is 2.15. The van der Waals surface area contributed by atoms with Gasteiger partial charge >= 0.3 is 0 Å². The molecule has 0 spiro atoms. The molecule has 0 aliphatic carbocycles. The molecular weight excluding hydrogens is 238 g/mol. The van der Waals surface area contributed by atoms with Gasteiger partial charge in [0.25, 0.3) is 5.91 Å². The molecule has 1 aliphatic rings. The van der Waals surface area contributed by atoms with Crippen LogP contribution in [0.2, 0.25) is 5.02 Å². The Morgan fingerprint density at radius 2 is 2.00 bits per heavy atom. The van der Waals surface area contributed by atoms with E-state index >= 15 is 0 Å². The fraction of sp³-hybridized carbons (Fsp3) is 0.462. The van der Waals surface area contributed by atoms with Gasteiger partial charge in [0.15, 0.2) is 0 Å². The first kappa shape index (κ1) is 12.4. The highest BCUT2D eigenvalue weighted by Gasteiger charge is 2.26. The average molecular weight is 254 g/mol. The Morgan fingerprint density at radius 1 is 1.35 bits per heavy atom. The van der Waals surface area contributed by atoms with Gasteiger partial charge < -0.3 is 9.64 Å². The molecule has 92 valence electrons. The van der Waals surface area contributed by atoms with Gasteiger partial charge in [0.1, 0.15) is 0 Å². The summed E-state index contributed by atoms with van der Waals surface area (Å²) in [6.07, 6.45) is 0.170. The zero-order valence-electron chi connectivity index (χ0n) is 10.0. The van der Waals surface area contributed by atoms with Crippen LogP contribution in [0.4, 0.5) is 0 Å². The summed E-state index contributed by atoms with van der Waals surface area (Å²) in [5.74, 6) is 0.0227. The third-order valence-electron chi connectivity index (χ3n) is 2.78.